The van der Waals surface area contributed by atoms with Gasteiger partial charge in [-0.3, -0.25) is 4.79 Å². The second kappa shape index (κ2) is 5.47. The van der Waals surface area contributed by atoms with Crippen molar-refractivity contribution in [1.29, 1.82) is 0 Å². The maximum absolute atomic E-state index is 13.7. The second-order valence-corrected chi connectivity index (χ2v) is 5.35. The summed E-state index contributed by atoms with van der Waals surface area (Å²) in [6.07, 6.45) is 0.514. The van der Waals surface area contributed by atoms with Gasteiger partial charge in [0.15, 0.2) is 0 Å². The number of esters is 1. The van der Waals surface area contributed by atoms with Gasteiger partial charge in [-0.25, -0.2) is 18.6 Å². The third-order valence-electron chi connectivity index (χ3n) is 3.89. The number of halogens is 2. The Bertz CT molecular complexity index is 688. The topological polar surface area (TPSA) is 59.0 Å². The largest absolute Gasteiger partial charge is 0.453 e. The highest BCUT2D eigenvalue weighted by atomic mass is 19.1. The van der Waals surface area contributed by atoms with E-state index >= 15 is 0 Å². The van der Waals surface area contributed by atoms with E-state index in [-0.39, 0.29) is 24.5 Å². The first-order chi connectivity index (χ1) is 10.5. The van der Waals surface area contributed by atoms with Crippen LogP contribution in [0.25, 0.3) is 0 Å². The minimum atomic E-state index is -0.695. The number of nitrogens with zero attached hydrogens (tertiary/aromatic N) is 2. The van der Waals surface area contributed by atoms with E-state index in [1.807, 2.05) is 0 Å². The van der Waals surface area contributed by atoms with Crippen LogP contribution in [0.3, 0.4) is 0 Å². The van der Waals surface area contributed by atoms with Crippen LogP contribution in [0.15, 0.2) is 17.2 Å². The Hall–Kier alpha value is -2.31. The second-order valence-electron chi connectivity index (χ2n) is 5.35. The Balaban J connectivity index is 1.78. The lowest BCUT2D eigenvalue weighted by Crippen LogP contribution is -2.32. The van der Waals surface area contributed by atoms with E-state index in [4.69, 9.17) is 4.74 Å². The lowest BCUT2D eigenvalue weighted by molar-refractivity contribution is -0.141. The van der Waals surface area contributed by atoms with E-state index in [9.17, 15) is 18.4 Å². The van der Waals surface area contributed by atoms with Gasteiger partial charge in [-0.2, -0.15) is 5.10 Å². The molecule has 1 heterocycles. The van der Waals surface area contributed by atoms with Gasteiger partial charge in [-0.15, -0.1) is 0 Å². The summed E-state index contributed by atoms with van der Waals surface area (Å²) in [7, 11) is 1.46. The predicted octanol–water partition coefficient (Wildman–Crippen LogP) is 2.10. The minimum Gasteiger partial charge on any atom is -0.453 e. The summed E-state index contributed by atoms with van der Waals surface area (Å²) in [5.74, 6) is -2.14. The number of benzene rings is 1. The molecule has 1 atom stereocenters. The number of hydrazone groups is 1. The summed E-state index contributed by atoms with van der Waals surface area (Å²) in [5.41, 5.74) is 0.899. The highest BCUT2D eigenvalue weighted by Gasteiger charge is 2.31. The fourth-order valence-corrected chi connectivity index (χ4v) is 2.74. The highest BCUT2D eigenvalue weighted by Crippen LogP contribution is 2.36. The molecule has 3 rings (SSSR count). The van der Waals surface area contributed by atoms with Crippen LogP contribution in [0.1, 0.15) is 36.5 Å². The van der Waals surface area contributed by atoms with Crippen LogP contribution < -0.4 is 0 Å². The quantitative estimate of drug-likeness (QED) is 0.786. The van der Waals surface area contributed by atoms with Crippen molar-refractivity contribution in [3.8, 4) is 0 Å². The van der Waals surface area contributed by atoms with Crippen LogP contribution in [-0.2, 0) is 20.7 Å². The fraction of sp³-hybridized carbons (Fsp3) is 0.400. The van der Waals surface area contributed by atoms with E-state index in [0.717, 1.165) is 11.1 Å². The SMILES string of the molecule is CN1N=C(C(=O)O[C@@H]2CCc3c(F)cc(F)cc32)CCC1=O. The molecule has 1 aliphatic carbocycles. The number of hydrogen-bond acceptors (Lipinski definition) is 4. The van der Waals surface area contributed by atoms with Crippen LogP contribution in [0.4, 0.5) is 8.78 Å². The predicted molar refractivity (Wildman–Crippen MR) is 73.0 cm³/mol. The molecule has 0 fully saturated rings. The molecule has 0 N–H and O–H groups in total. The van der Waals surface area contributed by atoms with Crippen LogP contribution >= 0.6 is 0 Å². The molecule has 0 aromatic heterocycles. The average Bonchev–Trinajstić information content (AvgIpc) is 2.85. The Morgan fingerprint density at radius 3 is 2.82 bits per heavy atom. The first kappa shape index (κ1) is 14.6. The molecule has 1 aromatic carbocycles. The molecule has 0 radical (unpaired) electrons. The Morgan fingerprint density at radius 2 is 2.09 bits per heavy atom. The standard InChI is InChI=1S/C15H14F2N2O3/c1-19-14(20)5-3-12(18-19)15(21)22-13-4-2-9-10(13)6-8(16)7-11(9)17/h6-7,13H,2-5H2,1H3/t13-/m1/s1. The van der Waals surface area contributed by atoms with Gasteiger partial charge in [0.25, 0.3) is 0 Å². The third-order valence-corrected chi connectivity index (χ3v) is 3.89. The Labute approximate surface area is 125 Å². The highest BCUT2D eigenvalue weighted by molar-refractivity contribution is 6.37. The number of fused-ring (bicyclic) bond motifs is 1. The fourth-order valence-electron chi connectivity index (χ4n) is 2.74. The first-order valence-electron chi connectivity index (χ1n) is 6.98. The van der Waals surface area contributed by atoms with E-state index in [0.29, 0.717) is 24.0 Å². The number of amides is 1. The molecule has 1 aromatic rings. The zero-order valence-electron chi connectivity index (χ0n) is 11.9. The summed E-state index contributed by atoms with van der Waals surface area (Å²) in [4.78, 5) is 23.4. The van der Waals surface area contributed by atoms with E-state index in [2.05, 4.69) is 5.10 Å². The van der Waals surface area contributed by atoms with Gasteiger partial charge in [0.2, 0.25) is 5.91 Å². The van der Waals surface area contributed by atoms with Crippen molar-refractivity contribution in [3.63, 3.8) is 0 Å². The summed E-state index contributed by atoms with van der Waals surface area (Å²) in [6, 6.07) is 2.02. The molecule has 0 saturated carbocycles. The van der Waals surface area contributed by atoms with Crippen molar-refractivity contribution in [2.45, 2.75) is 31.8 Å². The smallest absolute Gasteiger partial charge is 0.355 e. The number of ether oxygens (including phenoxy) is 1. The van der Waals surface area contributed by atoms with Crippen molar-refractivity contribution in [2.24, 2.45) is 5.10 Å². The molecule has 0 bridgehead atoms. The van der Waals surface area contributed by atoms with Gasteiger partial charge in [0.1, 0.15) is 23.5 Å². The molecule has 2 aliphatic rings. The van der Waals surface area contributed by atoms with Gasteiger partial charge in [0, 0.05) is 31.5 Å². The summed E-state index contributed by atoms with van der Waals surface area (Å²) >= 11 is 0. The number of carbonyl (C=O) groups excluding carboxylic acids is 2. The zero-order chi connectivity index (χ0) is 15.9. The normalized spacial score (nSPS) is 20.7. The maximum Gasteiger partial charge on any atom is 0.355 e. The van der Waals surface area contributed by atoms with Crippen molar-refractivity contribution in [2.75, 3.05) is 7.05 Å². The summed E-state index contributed by atoms with van der Waals surface area (Å²) < 4.78 is 32.3. The summed E-state index contributed by atoms with van der Waals surface area (Å²) in [6.45, 7) is 0. The van der Waals surface area contributed by atoms with Crippen molar-refractivity contribution >= 4 is 17.6 Å². The van der Waals surface area contributed by atoms with Gasteiger partial charge >= 0.3 is 5.97 Å². The average molecular weight is 308 g/mol. The van der Waals surface area contributed by atoms with Gasteiger partial charge in [0.05, 0.1) is 0 Å². The van der Waals surface area contributed by atoms with E-state index in [1.54, 1.807) is 0 Å². The molecule has 5 nitrogen and oxygen atoms in total. The van der Waals surface area contributed by atoms with E-state index < -0.39 is 23.7 Å². The monoisotopic (exact) mass is 308 g/mol. The molecule has 22 heavy (non-hydrogen) atoms. The van der Waals surface area contributed by atoms with Crippen molar-refractivity contribution < 1.29 is 23.1 Å². The number of rotatable bonds is 2. The molecule has 0 saturated heterocycles. The maximum atomic E-state index is 13.7. The minimum absolute atomic E-state index is 0.146. The number of carbonyl (C=O) groups is 2. The van der Waals surface area contributed by atoms with Crippen LogP contribution in [0, 0.1) is 11.6 Å². The van der Waals surface area contributed by atoms with Gasteiger partial charge < -0.3 is 4.74 Å². The lowest BCUT2D eigenvalue weighted by atomic mass is 10.1. The van der Waals surface area contributed by atoms with Crippen molar-refractivity contribution in [1.82, 2.24) is 5.01 Å². The van der Waals surface area contributed by atoms with Crippen LogP contribution in [-0.4, -0.2) is 29.6 Å². The zero-order valence-corrected chi connectivity index (χ0v) is 11.9. The molecule has 0 unspecified atom stereocenters. The van der Waals surface area contributed by atoms with Gasteiger partial charge in [-0.1, -0.05) is 0 Å². The molecule has 1 amide bonds. The van der Waals surface area contributed by atoms with Crippen LogP contribution in [0.5, 0.6) is 0 Å². The Morgan fingerprint density at radius 1 is 1.32 bits per heavy atom. The van der Waals surface area contributed by atoms with Crippen LogP contribution in [0.2, 0.25) is 0 Å². The molecular formula is C15H14F2N2O3. The summed E-state index contributed by atoms with van der Waals surface area (Å²) in [5, 5.41) is 4.97. The number of hydrogen-bond donors (Lipinski definition) is 0. The first-order valence-corrected chi connectivity index (χ1v) is 6.98. The third kappa shape index (κ3) is 2.58. The molecule has 0 spiro atoms. The van der Waals surface area contributed by atoms with E-state index in [1.165, 1.54) is 13.1 Å². The molecule has 1 aliphatic heterocycles. The lowest BCUT2D eigenvalue weighted by Gasteiger charge is -2.20. The van der Waals surface area contributed by atoms with Gasteiger partial charge in [-0.05, 0) is 24.5 Å². The molecule has 116 valence electrons. The Kier molecular flexibility index (Phi) is 3.64. The molecular weight excluding hydrogens is 294 g/mol. The molecule has 7 heteroatoms. The van der Waals surface area contributed by atoms with Crippen molar-refractivity contribution in [3.05, 3.63) is 34.9 Å².